The van der Waals surface area contributed by atoms with Gasteiger partial charge in [-0.2, -0.15) is 4.98 Å². The molecule has 136 valence electrons. The molecule has 0 atom stereocenters. The summed E-state index contributed by atoms with van der Waals surface area (Å²) in [6.07, 6.45) is 2.82. The van der Waals surface area contributed by atoms with E-state index in [0.29, 0.717) is 5.92 Å². The SMILES string of the molecule is N#CB1CC(c2nc(N3CCOCC3)nc3c2CCN3c2ccccc2)C1. The van der Waals surface area contributed by atoms with Crippen LogP contribution in [0.2, 0.25) is 12.6 Å². The van der Waals surface area contributed by atoms with Crippen LogP contribution in [0, 0.1) is 11.2 Å². The second kappa shape index (κ2) is 6.86. The number of nitriles is 1. The van der Waals surface area contributed by atoms with Gasteiger partial charge in [-0.05, 0) is 24.5 Å². The average molecular weight is 359 g/mol. The first-order valence-corrected chi connectivity index (χ1v) is 9.79. The Bertz CT molecular complexity index is 872. The Morgan fingerprint density at radius 3 is 2.59 bits per heavy atom. The van der Waals surface area contributed by atoms with Gasteiger partial charge in [0.1, 0.15) is 5.82 Å². The number of morpholine rings is 1. The number of anilines is 3. The van der Waals surface area contributed by atoms with Gasteiger partial charge in [-0.25, -0.2) is 10.2 Å². The molecule has 4 heterocycles. The Balaban J connectivity index is 1.55. The molecule has 1 aromatic heterocycles. The van der Waals surface area contributed by atoms with Gasteiger partial charge in [0.05, 0.1) is 18.9 Å². The molecule has 2 fully saturated rings. The van der Waals surface area contributed by atoms with Crippen LogP contribution in [-0.2, 0) is 11.2 Å². The molecule has 5 rings (SSSR count). The standard InChI is InChI=1S/C20H22BN5O/c22-14-21-12-15(13-21)18-17-6-7-26(16-4-2-1-3-5-16)19(17)24-20(23-18)25-8-10-27-11-9-25/h1-5,15H,6-13H2. The van der Waals surface area contributed by atoms with E-state index in [0.717, 1.165) is 63.7 Å². The van der Waals surface area contributed by atoms with Gasteiger partial charge in [-0.15, -0.1) is 0 Å². The fourth-order valence-electron chi connectivity index (χ4n) is 4.32. The van der Waals surface area contributed by atoms with Crippen LogP contribution >= 0.6 is 0 Å². The number of para-hydroxylation sites is 1. The number of rotatable bonds is 3. The van der Waals surface area contributed by atoms with E-state index in [4.69, 9.17) is 14.7 Å². The van der Waals surface area contributed by atoms with Gasteiger partial charge in [-0.1, -0.05) is 30.8 Å². The molecule has 0 radical (unpaired) electrons. The predicted octanol–water partition coefficient (Wildman–Crippen LogP) is 2.66. The molecular formula is C20H22BN5O. The van der Waals surface area contributed by atoms with Crippen molar-refractivity contribution in [2.75, 3.05) is 42.6 Å². The first-order valence-electron chi connectivity index (χ1n) is 9.79. The number of fused-ring (bicyclic) bond motifs is 1. The lowest BCUT2D eigenvalue weighted by Gasteiger charge is -2.32. The van der Waals surface area contributed by atoms with Gasteiger partial charge >= 0.3 is 0 Å². The molecule has 2 saturated heterocycles. The number of ether oxygens (including phenoxy) is 1. The van der Waals surface area contributed by atoms with Crippen molar-refractivity contribution in [2.45, 2.75) is 25.0 Å². The quantitative estimate of drug-likeness (QED) is 0.785. The highest BCUT2D eigenvalue weighted by Crippen LogP contribution is 2.44. The lowest BCUT2D eigenvalue weighted by atomic mass is 9.32. The van der Waals surface area contributed by atoms with Gasteiger partial charge in [0.15, 0.2) is 0 Å². The summed E-state index contributed by atoms with van der Waals surface area (Å²) in [5, 5.41) is 9.18. The Kier molecular flexibility index (Phi) is 4.21. The summed E-state index contributed by atoms with van der Waals surface area (Å²) in [5.41, 5.74) is 3.63. The summed E-state index contributed by atoms with van der Waals surface area (Å²) >= 11 is 0. The van der Waals surface area contributed by atoms with E-state index in [1.165, 1.54) is 16.9 Å². The van der Waals surface area contributed by atoms with Crippen molar-refractivity contribution in [3.63, 3.8) is 0 Å². The van der Waals surface area contributed by atoms with Crippen molar-refractivity contribution in [1.29, 1.82) is 5.26 Å². The average Bonchev–Trinajstić information content (AvgIpc) is 3.12. The van der Waals surface area contributed by atoms with Crippen LogP contribution in [0.1, 0.15) is 17.2 Å². The van der Waals surface area contributed by atoms with Crippen molar-refractivity contribution in [2.24, 2.45) is 0 Å². The first kappa shape index (κ1) is 16.6. The van der Waals surface area contributed by atoms with E-state index in [-0.39, 0.29) is 6.71 Å². The molecule has 1 aromatic carbocycles. The molecule has 27 heavy (non-hydrogen) atoms. The molecule has 0 aliphatic carbocycles. The second-order valence-corrected chi connectivity index (χ2v) is 7.54. The summed E-state index contributed by atoms with van der Waals surface area (Å²) < 4.78 is 5.50. The number of aromatic nitrogens is 2. The van der Waals surface area contributed by atoms with Gasteiger partial charge in [0.2, 0.25) is 5.95 Å². The van der Waals surface area contributed by atoms with Crippen molar-refractivity contribution in [3.8, 4) is 5.97 Å². The van der Waals surface area contributed by atoms with E-state index in [9.17, 15) is 5.26 Å². The molecular weight excluding hydrogens is 337 g/mol. The third kappa shape index (κ3) is 2.94. The maximum absolute atomic E-state index is 9.18. The molecule has 7 heteroatoms. The fraction of sp³-hybridized carbons (Fsp3) is 0.450. The molecule has 0 unspecified atom stereocenters. The summed E-state index contributed by atoms with van der Waals surface area (Å²) in [7, 11) is 0. The van der Waals surface area contributed by atoms with Gasteiger partial charge < -0.3 is 14.5 Å². The van der Waals surface area contributed by atoms with Crippen molar-refractivity contribution >= 4 is 24.2 Å². The van der Waals surface area contributed by atoms with Gasteiger partial charge in [0, 0.05) is 36.9 Å². The number of benzene rings is 1. The summed E-state index contributed by atoms with van der Waals surface area (Å²) in [6, 6.07) is 10.5. The minimum atomic E-state index is 0.180. The van der Waals surface area contributed by atoms with Crippen LogP contribution in [0.4, 0.5) is 17.5 Å². The number of nitrogens with zero attached hydrogens (tertiary/aromatic N) is 5. The molecule has 6 nitrogen and oxygen atoms in total. The van der Waals surface area contributed by atoms with Crippen molar-refractivity contribution < 1.29 is 4.74 Å². The van der Waals surface area contributed by atoms with Gasteiger partial charge in [0.25, 0.3) is 6.71 Å². The van der Waals surface area contributed by atoms with Crippen molar-refractivity contribution in [1.82, 2.24) is 9.97 Å². The largest absolute Gasteiger partial charge is 0.378 e. The van der Waals surface area contributed by atoms with Crippen molar-refractivity contribution in [3.05, 3.63) is 41.6 Å². The monoisotopic (exact) mass is 359 g/mol. The molecule has 0 amide bonds. The lowest BCUT2D eigenvalue weighted by Crippen LogP contribution is -2.38. The molecule has 2 aromatic rings. The fourth-order valence-corrected chi connectivity index (χ4v) is 4.32. The van der Waals surface area contributed by atoms with Crippen LogP contribution < -0.4 is 9.80 Å². The minimum absolute atomic E-state index is 0.180. The molecule has 0 spiro atoms. The highest BCUT2D eigenvalue weighted by molar-refractivity contribution is 6.70. The van der Waals surface area contributed by atoms with E-state index < -0.39 is 0 Å². The molecule has 3 aliphatic heterocycles. The number of hydrogen-bond donors (Lipinski definition) is 0. The second-order valence-electron chi connectivity index (χ2n) is 7.54. The molecule has 0 N–H and O–H groups in total. The topological polar surface area (TPSA) is 65.3 Å². The van der Waals surface area contributed by atoms with Crippen LogP contribution in [0.25, 0.3) is 0 Å². The van der Waals surface area contributed by atoms with E-state index >= 15 is 0 Å². The zero-order chi connectivity index (χ0) is 18.2. The first-order chi connectivity index (χ1) is 13.3. The van der Waals surface area contributed by atoms with E-state index in [1.807, 2.05) is 6.07 Å². The minimum Gasteiger partial charge on any atom is -0.378 e. The zero-order valence-electron chi connectivity index (χ0n) is 15.3. The Morgan fingerprint density at radius 1 is 1.07 bits per heavy atom. The Morgan fingerprint density at radius 2 is 1.85 bits per heavy atom. The lowest BCUT2D eigenvalue weighted by molar-refractivity contribution is 0.122. The zero-order valence-corrected chi connectivity index (χ0v) is 15.3. The predicted molar refractivity (Wildman–Crippen MR) is 106 cm³/mol. The smallest absolute Gasteiger partial charge is 0.269 e. The maximum Gasteiger partial charge on any atom is 0.269 e. The molecule has 0 saturated carbocycles. The summed E-state index contributed by atoms with van der Waals surface area (Å²) in [5.74, 6) is 4.66. The molecule has 0 bridgehead atoms. The van der Waals surface area contributed by atoms with Gasteiger partial charge in [-0.3, -0.25) is 0 Å². The third-order valence-electron chi connectivity index (χ3n) is 5.92. The van der Waals surface area contributed by atoms with Crippen LogP contribution in [-0.4, -0.2) is 49.5 Å². The molecule has 3 aliphatic rings. The number of hydrogen-bond acceptors (Lipinski definition) is 6. The Labute approximate surface area is 159 Å². The van der Waals surface area contributed by atoms with Crippen LogP contribution in [0.5, 0.6) is 0 Å². The summed E-state index contributed by atoms with van der Waals surface area (Å²) in [6.45, 7) is 4.21. The maximum atomic E-state index is 9.18. The third-order valence-corrected chi connectivity index (χ3v) is 5.92. The highest BCUT2D eigenvalue weighted by Gasteiger charge is 2.39. The summed E-state index contributed by atoms with van der Waals surface area (Å²) in [4.78, 5) is 14.5. The van der Waals surface area contributed by atoms with Crippen LogP contribution in [0.15, 0.2) is 30.3 Å². The van der Waals surface area contributed by atoms with E-state index in [1.54, 1.807) is 0 Å². The van der Waals surface area contributed by atoms with Crippen LogP contribution in [0.3, 0.4) is 0 Å². The highest BCUT2D eigenvalue weighted by atomic mass is 16.5. The Hall–Kier alpha value is -2.59. The normalized spacial score (nSPS) is 19.6. The van der Waals surface area contributed by atoms with E-state index in [2.05, 4.69) is 40.0 Å².